The molecule has 164 valence electrons. The Kier molecular flexibility index (Phi) is 7.53. The minimum Gasteiger partial charge on any atom is -0.472 e. The minimum absolute atomic E-state index is 0.0319. The third-order valence-electron chi connectivity index (χ3n) is 4.47. The number of nitro benzene ring substituents is 1. The smallest absolute Gasteiger partial charge is 0.352 e. The van der Waals surface area contributed by atoms with Gasteiger partial charge in [-0.1, -0.05) is 42.5 Å². The Morgan fingerprint density at radius 2 is 1.59 bits per heavy atom. The van der Waals surface area contributed by atoms with Crippen LogP contribution in [0.1, 0.15) is 22.8 Å². The Hall–Kier alpha value is -4.20. The van der Waals surface area contributed by atoms with Crippen molar-refractivity contribution in [3.8, 4) is 11.5 Å². The van der Waals surface area contributed by atoms with Crippen LogP contribution in [-0.4, -0.2) is 29.6 Å². The highest BCUT2D eigenvalue weighted by Gasteiger charge is 2.22. The number of nitro groups is 1. The normalized spacial score (nSPS) is 11.3. The molecule has 3 rings (SSSR count). The van der Waals surface area contributed by atoms with Crippen LogP contribution < -0.4 is 9.47 Å². The summed E-state index contributed by atoms with van der Waals surface area (Å²) in [6.45, 7) is 1.68. The number of carbonyl (C=O) groups is 2. The van der Waals surface area contributed by atoms with Crippen molar-refractivity contribution in [2.45, 2.75) is 19.4 Å². The van der Waals surface area contributed by atoms with E-state index in [4.69, 9.17) is 14.2 Å². The molecule has 0 aliphatic heterocycles. The van der Waals surface area contributed by atoms with Crippen molar-refractivity contribution in [1.82, 2.24) is 0 Å². The Labute approximate surface area is 184 Å². The van der Waals surface area contributed by atoms with Crippen molar-refractivity contribution < 1.29 is 28.7 Å². The Balaban J connectivity index is 1.51. The van der Waals surface area contributed by atoms with Gasteiger partial charge < -0.3 is 14.2 Å². The minimum atomic E-state index is -1.08. The molecule has 0 heterocycles. The highest BCUT2D eigenvalue weighted by molar-refractivity contribution is 5.89. The lowest BCUT2D eigenvalue weighted by atomic mass is 10.2. The first-order chi connectivity index (χ1) is 15.4. The first kappa shape index (κ1) is 22.5. The molecule has 0 aliphatic carbocycles. The van der Waals surface area contributed by atoms with Crippen molar-refractivity contribution in [1.29, 1.82) is 0 Å². The number of para-hydroxylation sites is 2. The van der Waals surface area contributed by atoms with Gasteiger partial charge in [-0.3, -0.25) is 10.1 Å². The molecule has 0 aliphatic rings. The number of esters is 2. The molecule has 3 aromatic carbocycles. The molecule has 0 bridgehead atoms. The second kappa shape index (κ2) is 10.7. The summed E-state index contributed by atoms with van der Waals surface area (Å²) in [4.78, 5) is 34.9. The number of nitrogens with zero attached hydrogens (tertiary/aromatic N) is 1. The summed E-state index contributed by atoms with van der Waals surface area (Å²) in [5.74, 6) is -1.04. The van der Waals surface area contributed by atoms with Crippen LogP contribution in [0, 0.1) is 10.1 Å². The van der Waals surface area contributed by atoms with Crippen molar-refractivity contribution in [2.75, 3.05) is 6.61 Å². The van der Waals surface area contributed by atoms with Crippen LogP contribution in [0.15, 0.2) is 78.9 Å². The van der Waals surface area contributed by atoms with Crippen LogP contribution in [0.5, 0.6) is 11.5 Å². The van der Waals surface area contributed by atoms with Crippen molar-refractivity contribution in [3.05, 3.63) is 100 Å². The summed E-state index contributed by atoms with van der Waals surface area (Å²) in [6, 6.07) is 21.3. The quantitative estimate of drug-likeness (QED) is 0.213. The van der Waals surface area contributed by atoms with Gasteiger partial charge >= 0.3 is 17.6 Å². The predicted molar refractivity (Wildman–Crippen MR) is 116 cm³/mol. The van der Waals surface area contributed by atoms with Crippen LogP contribution in [0.2, 0.25) is 0 Å². The second-order valence-corrected chi connectivity index (χ2v) is 6.80. The molecule has 0 saturated heterocycles. The maximum absolute atomic E-state index is 12.3. The Morgan fingerprint density at radius 3 is 2.28 bits per heavy atom. The number of benzene rings is 3. The Morgan fingerprint density at radius 1 is 0.938 bits per heavy atom. The van der Waals surface area contributed by atoms with Gasteiger partial charge in [-0.05, 0) is 42.8 Å². The van der Waals surface area contributed by atoms with E-state index in [2.05, 4.69) is 0 Å². The fourth-order valence-electron chi connectivity index (χ4n) is 2.79. The lowest BCUT2D eigenvalue weighted by Crippen LogP contribution is -2.28. The van der Waals surface area contributed by atoms with Crippen molar-refractivity contribution in [3.63, 3.8) is 0 Å². The van der Waals surface area contributed by atoms with E-state index in [0.29, 0.717) is 12.0 Å². The van der Waals surface area contributed by atoms with Gasteiger partial charge in [0.2, 0.25) is 0 Å². The average molecular weight is 435 g/mol. The van der Waals surface area contributed by atoms with E-state index in [-0.39, 0.29) is 23.8 Å². The van der Waals surface area contributed by atoms with Gasteiger partial charge in [0.05, 0.1) is 17.1 Å². The molecule has 1 unspecified atom stereocenters. The molecular weight excluding hydrogens is 414 g/mol. The SMILES string of the molecule is CC(Oc1ccccc1[N+](=O)[O-])C(=O)Oc1ccc(C(=O)OCCc2ccccc2)cc1. The lowest BCUT2D eigenvalue weighted by molar-refractivity contribution is -0.386. The number of hydrogen-bond acceptors (Lipinski definition) is 7. The van der Waals surface area contributed by atoms with Gasteiger partial charge in [0.1, 0.15) is 5.75 Å². The molecule has 8 heteroatoms. The molecule has 32 heavy (non-hydrogen) atoms. The molecule has 0 saturated carbocycles. The zero-order chi connectivity index (χ0) is 22.9. The maximum Gasteiger partial charge on any atom is 0.352 e. The summed E-state index contributed by atoms with van der Waals surface area (Å²) in [7, 11) is 0. The van der Waals surface area contributed by atoms with Crippen LogP contribution in [0.25, 0.3) is 0 Å². The second-order valence-electron chi connectivity index (χ2n) is 6.80. The van der Waals surface area contributed by atoms with E-state index < -0.39 is 23.0 Å². The maximum atomic E-state index is 12.3. The summed E-state index contributed by atoms with van der Waals surface area (Å²) in [5.41, 5.74) is 1.14. The van der Waals surface area contributed by atoms with E-state index in [1.54, 1.807) is 6.07 Å². The molecule has 0 aromatic heterocycles. The van der Waals surface area contributed by atoms with E-state index >= 15 is 0 Å². The van der Waals surface area contributed by atoms with Gasteiger partial charge in [-0.15, -0.1) is 0 Å². The molecule has 1 atom stereocenters. The summed E-state index contributed by atoms with van der Waals surface area (Å²) in [6.07, 6.45) is -0.474. The van der Waals surface area contributed by atoms with Crippen molar-refractivity contribution >= 4 is 17.6 Å². The third kappa shape index (κ3) is 6.15. The molecule has 8 nitrogen and oxygen atoms in total. The molecule has 0 fully saturated rings. The monoisotopic (exact) mass is 435 g/mol. The highest BCUT2D eigenvalue weighted by Crippen LogP contribution is 2.27. The molecule has 0 radical (unpaired) electrons. The van der Waals surface area contributed by atoms with Crippen molar-refractivity contribution in [2.24, 2.45) is 0 Å². The fourth-order valence-corrected chi connectivity index (χ4v) is 2.79. The van der Waals surface area contributed by atoms with Gasteiger partial charge in [0.25, 0.3) is 0 Å². The predicted octanol–water partition coefficient (Wildman–Crippen LogP) is 4.37. The number of rotatable bonds is 9. The molecule has 0 N–H and O–H groups in total. The standard InChI is InChI=1S/C24H21NO7/c1-17(31-22-10-6-5-9-21(22)25(28)29)23(26)32-20-13-11-19(12-14-20)24(27)30-16-15-18-7-3-2-4-8-18/h2-14,17H,15-16H2,1H3. The summed E-state index contributed by atoms with van der Waals surface area (Å²) in [5, 5.41) is 11.1. The van der Waals surface area contributed by atoms with E-state index in [9.17, 15) is 19.7 Å². The number of hydrogen-bond donors (Lipinski definition) is 0. The van der Waals surface area contributed by atoms with Crippen LogP contribution in [0.4, 0.5) is 5.69 Å². The van der Waals surface area contributed by atoms with Gasteiger partial charge in [0, 0.05) is 12.5 Å². The van der Waals surface area contributed by atoms with Crippen LogP contribution in [-0.2, 0) is 16.0 Å². The summed E-state index contributed by atoms with van der Waals surface area (Å²) < 4.78 is 15.9. The van der Waals surface area contributed by atoms with Gasteiger partial charge in [-0.25, -0.2) is 9.59 Å². The highest BCUT2D eigenvalue weighted by atomic mass is 16.6. The van der Waals surface area contributed by atoms with E-state index in [0.717, 1.165) is 5.56 Å². The van der Waals surface area contributed by atoms with Crippen LogP contribution in [0.3, 0.4) is 0 Å². The molecular formula is C24H21NO7. The molecule has 0 spiro atoms. The number of ether oxygens (including phenoxy) is 3. The molecule has 0 amide bonds. The largest absolute Gasteiger partial charge is 0.472 e. The van der Waals surface area contributed by atoms with Gasteiger partial charge in [-0.2, -0.15) is 0 Å². The number of carbonyl (C=O) groups excluding carboxylic acids is 2. The first-order valence-corrected chi connectivity index (χ1v) is 9.87. The van der Waals surface area contributed by atoms with E-state index in [1.807, 2.05) is 30.3 Å². The average Bonchev–Trinajstić information content (AvgIpc) is 2.80. The molecule has 3 aromatic rings. The van der Waals surface area contributed by atoms with E-state index in [1.165, 1.54) is 49.4 Å². The van der Waals surface area contributed by atoms with Gasteiger partial charge in [0.15, 0.2) is 11.9 Å². The first-order valence-electron chi connectivity index (χ1n) is 9.87. The Bertz CT molecular complexity index is 1080. The zero-order valence-corrected chi connectivity index (χ0v) is 17.3. The lowest BCUT2D eigenvalue weighted by Gasteiger charge is -2.14. The van der Waals surface area contributed by atoms with Crippen LogP contribution >= 0.6 is 0 Å². The fraction of sp³-hybridized carbons (Fsp3) is 0.167. The zero-order valence-electron chi connectivity index (χ0n) is 17.3. The third-order valence-corrected chi connectivity index (χ3v) is 4.47. The summed E-state index contributed by atoms with van der Waals surface area (Å²) >= 11 is 0. The topological polar surface area (TPSA) is 105 Å².